The quantitative estimate of drug-likeness (QED) is 0.132. The summed E-state index contributed by atoms with van der Waals surface area (Å²) in [5.74, 6) is 0.980. The van der Waals surface area contributed by atoms with E-state index in [-0.39, 0.29) is 35.7 Å². The van der Waals surface area contributed by atoms with Gasteiger partial charge in [0.2, 0.25) is 11.8 Å². The number of nitrogens with one attached hydrogen (secondary N) is 4. The van der Waals surface area contributed by atoms with Crippen LogP contribution in [0, 0.1) is 11.8 Å². The standard InChI is InChI=1S/C41H50N8O6/c1-22(2)34(46-40(52)54-5)38(50)48-15-7-9-32(48)36-42-20-30(44-36)24-11-13-28-26(17-24)19-27-18-25(12-14-29(27)28)31-21-43-37(45-31)33-10-8-16-49(33)39(51)35(23(3)4)47-41(53)55-6/h11-14,17-18,20-23,32-35H,7-10,15-16,19H2,1-6H3,(H,42,44)(H,43,45)(H,46,52)(H,47,53)/t32-,33-,34-,35-/m0/s1. The number of benzene rings is 2. The number of aromatic amines is 2. The van der Waals surface area contributed by atoms with Crippen molar-refractivity contribution in [2.45, 2.75) is 84.0 Å². The molecule has 2 aromatic heterocycles. The fraction of sp³-hybridized carbons (Fsp3) is 0.463. The number of H-pyrrole nitrogens is 2. The summed E-state index contributed by atoms with van der Waals surface area (Å²) in [7, 11) is 2.59. The molecule has 3 aliphatic rings. The highest BCUT2D eigenvalue weighted by Crippen LogP contribution is 2.41. The Morgan fingerprint density at radius 2 is 1.11 bits per heavy atom. The SMILES string of the molecule is COC(=O)N[C@H](C(=O)N1CCC[C@H]1c1ncc(-c2ccc3c(c2)Cc2cc(-c4cnc([C@@H]5CCCN5C(=O)[C@@H](NC(=O)OC)C(C)C)[nH]4)ccc2-3)[nH]1)C(C)C. The Bertz CT molecular complexity index is 1940. The van der Waals surface area contributed by atoms with Gasteiger partial charge in [-0.1, -0.05) is 52.0 Å². The number of carbonyl (C=O) groups is 4. The van der Waals surface area contributed by atoms with Crippen molar-refractivity contribution in [3.05, 3.63) is 71.6 Å². The number of fused-ring (bicyclic) bond motifs is 3. The number of imidazole rings is 2. The first-order valence-corrected chi connectivity index (χ1v) is 19.1. The van der Waals surface area contributed by atoms with E-state index in [4.69, 9.17) is 19.4 Å². The third-order valence-electron chi connectivity index (χ3n) is 11.2. The average molecular weight is 751 g/mol. The second kappa shape index (κ2) is 15.6. The number of hydrogen-bond acceptors (Lipinski definition) is 8. The highest BCUT2D eigenvalue weighted by Gasteiger charge is 2.39. The van der Waals surface area contributed by atoms with E-state index in [0.717, 1.165) is 66.3 Å². The Kier molecular flexibility index (Phi) is 10.7. The highest BCUT2D eigenvalue weighted by atomic mass is 16.5. The number of alkyl carbamates (subject to hydrolysis) is 2. The van der Waals surface area contributed by atoms with Crippen LogP contribution >= 0.6 is 0 Å². The molecule has 55 heavy (non-hydrogen) atoms. The molecule has 7 rings (SSSR count). The van der Waals surface area contributed by atoms with E-state index in [1.165, 1.54) is 36.5 Å². The molecule has 4 amide bonds. The second-order valence-corrected chi connectivity index (χ2v) is 15.4. The summed E-state index contributed by atoms with van der Waals surface area (Å²) < 4.78 is 9.54. The van der Waals surface area contributed by atoms with Crippen LogP contribution in [0.1, 0.15) is 88.2 Å². The summed E-state index contributed by atoms with van der Waals surface area (Å²) in [4.78, 5) is 71.3. The molecule has 4 aromatic rings. The van der Waals surface area contributed by atoms with E-state index >= 15 is 0 Å². The predicted octanol–water partition coefficient (Wildman–Crippen LogP) is 6.13. The van der Waals surface area contributed by atoms with Crippen LogP contribution < -0.4 is 10.6 Å². The molecule has 290 valence electrons. The molecule has 4 heterocycles. The maximum Gasteiger partial charge on any atom is 0.407 e. The van der Waals surface area contributed by atoms with E-state index in [9.17, 15) is 19.2 Å². The molecular formula is C41H50N8O6. The highest BCUT2D eigenvalue weighted by molar-refractivity contribution is 5.87. The van der Waals surface area contributed by atoms with E-state index in [2.05, 4.69) is 57.0 Å². The predicted molar refractivity (Wildman–Crippen MR) is 206 cm³/mol. The molecule has 14 nitrogen and oxygen atoms in total. The number of ether oxygens (including phenoxy) is 2. The smallest absolute Gasteiger partial charge is 0.407 e. The maximum absolute atomic E-state index is 13.6. The van der Waals surface area contributed by atoms with Crippen molar-refractivity contribution in [2.75, 3.05) is 27.3 Å². The van der Waals surface area contributed by atoms with Crippen LogP contribution in [0.15, 0.2) is 48.8 Å². The van der Waals surface area contributed by atoms with Crippen molar-refractivity contribution in [1.82, 2.24) is 40.4 Å². The van der Waals surface area contributed by atoms with Crippen LogP contribution in [0.25, 0.3) is 33.6 Å². The molecule has 1 aliphatic carbocycles. The third kappa shape index (κ3) is 7.41. The van der Waals surface area contributed by atoms with Gasteiger partial charge in [0.15, 0.2) is 0 Å². The Morgan fingerprint density at radius 3 is 1.49 bits per heavy atom. The third-order valence-corrected chi connectivity index (χ3v) is 11.2. The van der Waals surface area contributed by atoms with Crippen molar-refractivity contribution in [3.63, 3.8) is 0 Å². The van der Waals surface area contributed by atoms with Gasteiger partial charge in [-0.25, -0.2) is 19.6 Å². The van der Waals surface area contributed by atoms with Gasteiger partial charge in [-0.3, -0.25) is 9.59 Å². The van der Waals surface area contributed by atoms with Crippen molar-refractivity contribution < 1.29 is 28.7 Å². The molecule has 2 fully saturated rings. The van der Waals surface area contributed by atoms with Crippen molar-refractivity contribution in [2.24, 2.45) is 11.8 Å². The molecule has 0 saturated carbocycles. The summed E-state index contributed by atoms with van der Waals surface area (Å²) >= 11 is 0. The van der Waals surface area contributed by atoms with Crippen LogP contribution in [0.2, 0.25) is 0 Å². The Balaban J connectivity index is 1.05. The number of amides is 4. The minimum atomic E-state index is -0.689. The zero-order valence-electron chi connectivity index (χ0n) is 32.3. The number of methoxy groups -OCH3 is 2. The number of likely N-dealkylation sites (tertiary alicyclic amines) is 2. The van der Waals surface area contributed by atoms with E-state index in [0.29, 0.717) is 13.1 Å². The van der Waals surface area contributed by atoms with Crippen LogP contribution in [0.3, 0.4) is 0 Å². The zero-order valence-corrected chi connectivity index (χ0v) is 32.3. The van der Waals surface area contributed by atoms with Crippen LogP contribution in [0.4, 0.5) is 9.59 Å². The van der Waals surface area contributed by atoms with Gasteiger partial charge >= 0.3 is 12.2 Å². The largest absolute Gasteiger partial charge is 0.453 e. The summed E-state index contributed by atoms with van der Waals surface area (Å²) in [6, 6.07) is 11.1. The van der Waals surface area contributed by atoms with Gasteiger partial charge in [0.05, 0.1) is 50.1 Å². The molecule has 4 atom stereocenters. The molecule has 14 heteroatoms. The van der Waals surface area contributed by atoms with Crippen molar-refractivity contribution in [1.29, 1.82) is 0 Å². The Hall–Kier alpha value is -5.66. The zero-order chi connectivity index (χ0) is 39.0. The van der Waals surface area contributed by atoms with Crippen LogP contribution in [-0.4, -0.2) is 93.1 Å². The summed E-state index contributed by atoms with van der Waals surface area (Å²) in [5.41, 5.74) is 8.63. The lowest BCUT2D eigenvalue weighted by Crippen LogP contribution is -2.51. The summed E-state index contributed by atoms with van der Waals surface area (Å²) in [6.45, 7) is 8.81. The monoisotopic (exact) mass is 750 g/mol. The molecule has 0 unspecified atom stereocenters. The fourth-order valence-corrected chi connectivity index (χ4v) is 8.24. The molecule has 0 radical (unpaired) electrons. The number of hydrogen-bond donors (Lipinski definition) is 4. The molecule has 0 spiro atoms. The van der Waals surface area contributed by atoms with Crippen molar-refractivity contribution >= 4 is 24.0 Å². The second-order valence-electron chi connectivity index (χ2n) is 15.4. The number of aromatic nitrogens is 4. The maximum atomic E-state index is 13.6. The van der Waals surface area contributed by atoms with Gasteiger partial charge in [0.25, 0.3) is 0 Å². The van der Waals surface area contributed by atoms with Gasteiger partial charge < -0.3 is 39.9 Å². The number of nitrogens with zero attached hydrogens (tertiary/aromatic N) is 4. The molecule has 2 aromatic carbocycles. The lowest BCUT2D eigenvalue weighted by molar-refractivity contribution is -0.136. The van der Waals surface area contributed by atoms with E-state index in [1.807, 2.05) is 49.9 Å². The minimum absolute atomic E-state index is 0.106. The van der Waals surface area contributed by atoms with Gasteiger partial charge in [-0.15, -0.1) is 0 Å². The Labute approximate surface area is 320 Å². The van der Waals surface area contributed by atoms with Crippen molar-refractivity contribution in [3.8, 4) is 33.6 Å². The molecule has 0 bridgehead atoms. The van der Waals surface area contributed by atoms with Gasteiger partial charge in [0, 0.05) is 13.1 Å². The molecular weight excluding hydrogens is 701 g/mol. The first-order valence-electron chi connectivity index (χ1n) is 19.1. The number of rotatable bonds is 10. The lowest BCUT2D eigenvalue weighted by atomic mass is 10.0. The first-order chi connectivity index (χ1) is 26.5. The molecule has 2 aliphatic heterocycles. The van der Waals surface area contributed by atoms with Crippen LogP contribution in [-0.2, 0) is 25.5 Å². The minimum Gasteiger partial charge on any atom is -0.453 e. The first kappa shape index (κ1) is 37.6. The van der Waals surface area contributed by atoms with Gasteiger partial charge in [-0.05, 0) is 89.5 Å². The van der Waals surface area contributed by atoms with E-state index < -0.39 is 24.3 Å². The molecule has 4 N–H and O–H groups in total. The van der Waals surface area contributed by atoms with E-state index in [1.54, 1.807) is 0 Å². The van der Waals surface area contributed by atoms with Gasteiger partial charge in [0.1, 0.15) is 23.7 Å². The van der Waals surface area contributed by atoms with Gasteiger partial charge in [-0.2, -0.15) is 0 Å². The normalized spacial score (nSPS) is 18.6. The van der Waals surface area contributed by atoms with Crippen LogP contribution in [0.5, 0.6) is 0 Å². The lowest BCUT2D eigenvalue weighted by Gasteiger charge is -2.30. The number of carbonyl (C=O) groups excluding carboxylic acids is 4. The summed E-state index contributed by atoms with van der Waals surface area (Å²) in [6.07, 6.45) is 6.46. The average Bonchev–Trinajstić information content (AvgIpc) is 4.02. The Morgan fingerprint density at radius 1 is 0.691 bits per heavy atom. The summed E-state index contributed by atoms with van der Waals surface area (Å²) in [5, 5.41) is 5.41. The topological polar surface area (TPSA) is 175 Å². The fourth-order valence-electron chi connectivity index (χ4n) is 8.24. The molecule has 2 saturated heterocycles.